The van der Waals surface area contributed by atoms with Crippen LogP contribution in [0.5, 0.6) is 0 Å². The number of hydrogen-bond donors (Lipinski definition) is 3. The summed E-state index contributed by atoms with van der Waals surface area (Å²) in [6.45, 7) is 3.57. The number of rotatable bonds is 7. The molecule has 1 aromatic carbocycles. The molecule has 4 N–H and O–H groups in total. The van der Waals surface area contributed by atoms with Gasteiger partial charge in [-0.3, -0.25) is 0 Å². The predicted molar refractivity (Wildman–Crippen MR) is 72.0 cm³/mol. The molecule has 0 saturated carbocycles. The molecule has 0 radical (unpaired) electrons. The van der Waals surface area contributed by atoms with Crippen molar-refractivity contribution >= 4 is 5.69 Å². The zero-order chi connectivity index (χ0) is 13.6. The maximum atomic E-state index is 10.1. The van der Waals surface area contributed by atoms with E-state index in [2.05, 4.69) is 0 Å². The Bertz CT molecular complexity index is 364. The second kappa shape index (κ2) is 6.73. The Hall–Kier alpha value is -1.10. The number of aliphatic hydroxyl groups is 2. The monoisotopic (exact) mass is 253 g/mol. The zero-order valence-electron chi connectivity index (χ0n) is 11.1. The van der Waals surface area contributed by atoms with Crippen molar-refractivity contribution in [1.82, 2.24) is 0 Å². The Morgan fingerprint density at radius 3 is 2.39 bits per heavy atom. The number of hydrogen-bond acceptors (Lipinski definition) is 4. The molecule has 0 saturated heterocycles. The van der Waals surface area contributed by atoms with Crippen LogP contribution in [0.3, 0.4) is 0 Å². The highest BCUT2D eigenvalue weighted by molar-refractivity contribution is 5.46. The number of benzene rings is 1. The minimum Gasteiger partial charge on any atom is -0.399 e. The first-order chi connectivity index (χ1) is 8.54. The molecule has 1 aromatic rings. The maximum Gasteiger partial charge on any atom is 0.165 e. The molecule has 102 valence electrons. The second-order valence-electron chi connectivity index (χ2n) is 4.48. The molecule has 0 aliphatic carbocycles. The summed E-state index contributed by atoms with van der Waals surface area (Å²) in [5.41, 5.74) is 7.45. The normalized spacial score (nSPS) is 13.6. The number of anilines is 1. The summed E-state index contributed by atoms with van der Waals surface area (Å²) in [7, 11) is 0. The van der Waals surface area contributed by atoms with Crippen LogP contribution in [0.25, 0.3) is 0 Å². The summed E-state index contributed by atoms with van der Waals surface area (Å²) < 4.78 is 5.59. The molecule has 0 aromatic heterocycles. The minimum atomic E-state index is -1.17. The molecule has 0 bridgehead atoms. The molecule has 0 heterocycles. The maximum absolute atomic E-state index is 10.1. The van der Waals surface area contributed by atoms with Gasteiger partial charge in [0.05, 0.1) is 12.7 Å². The number of nitrogen functional groups attached to an aromatic ring is 1. The van der Waals surface area contributed by atoms with Crippen molar-refractivity contribution in [3.05, 3.63) is 29.8 Å². The van der Waals surface area contributed by atoms with E-state index in [1.807, 2.05) is 38.1 Å². The molecule has 4 nitrogen and oxygen atoms in total. The van der Waals surface area contributed by atoms with Gasteiger partial charge in [0.15, 0.2) is 5.79 Å². The van der Waals surface area contributed by atoms with Crippen molar-refractivity contribution in [3.8, 4) is 0 Å². The van der Waals surface area contributed by atoms with Crippen LogP contribution < -0.4 is 5.73 Å². The summed E-state index contributed by atoms with van der Waals surface area (Å²) in [6.07, 6.45) is 1.03. The Morgan fingerprint density at radius 2 is 1.89 bits per heavy atom. The van der Waals surface area contributed by atoms with Crippen LogP contribution in [0.2, 0.25) is 0 Å². The molecular formula is C14H23NO3. The largest absolute Gasteiger partial charge is 0.399 e. The molecule has 0 spiro atoms. The fourth-order valence-electron chi connectivity index (χ4n) is 1.84. The third-order valence-electron chi connectivity index (χ3n) is 3.20. The van der Waals surface area contributed by atoms with E-state index in [-0.39, 0.29) is 6.61 Å². The van der Waals surface area contributed by atoms with Crippen LogP contribution in [0, 0.1) is 0 Å². The van der Waals surface area contributed by atoms with Crippen molar-refractivity contribution < 1.29 is 14.9 Å². The lowest BCUT2D eigenvalue weighted by Gasteiger charge is -2.30. The number of aliphatic hydroxyl groups excluding tert-OH is 1. The highest BCUT2D eigenvalue weighted by Crippen LogP contribution is 2.22. The molecule has 1 unspecified atom stereocenters. The predicted octanol–water partition coefficient (Wildman–Crippen LogP) is 1.70. The molecule has 4 heteroatoms. The van der Waals surface area contributed by atoms with Gasteiger partial charge < -0.3 is 20.7 Å². The van der Waals surface area contributed by atoms with Gasteiger partial charge in [0.2, 0.25) is 0 Å². The van der Waals surface area contributed by atoms with Gasteiger partial charge in [-0.05, 0) is 24.5 Å². The van der Waals surface area contributed by atoms with Gasteiger partial charge in [-0.2, -0.15) is 0 Å². The summed E-state index contributed by atoms with van der Waals surface area (Å²) in [5.74, 6) is -1.17. The molecule has 18 heavy (non-hydrogen) atoms. The molecule has 0 aliphatic heterocycles. The van der Waals surface area contributed by atoms with Crippen molar-refractivity contribution in [2.75, 3.05) is 12.3 Å². The lowest BCUT2D eigenvalue weighted by molar-refractivity contribution is -0.238. The van der Waals surface area contributed by atoms with E-state index in [9.17, 15) is 10.2 Å². The first-order valence-corrected chi connectivity index (χ1v) is 6.39. The van der Waals surface area contributed by atoms with Gasteiger partial charge in [-0.1, -0.05) is 32.0 Å². The van der Waals surface area contributed by atoms with E-state index in [0.717, 1.165) is 5.56 Å². The number of nitrogens with two attached hydrogens (primary N) is 1. The number of para-hydroxylation sites is 1. The fourth-order valence-corrected chi connectivity index (χ4v) is 1.84. The lowest BCUT2D eigenvalue weighted by atomic mass is 10.1. The average Bonchev–Trinajstić information content (AvgIpc) is 2.40. The summed E-state index contributed by atoms with van der Waals surface area (Å²) >= 11 is 0. The average molecular weight is 253 g/mol. The van der Waals surface area contributed by atoms with Gasteiger partial charge in [-0.25, -0.2) is 0 Å². The molecule has 0 amide bonds. The molecular weight excluding hydrogens is 230 g/mol. The van der Waals surface area contributed by atoms with Crippen LogP contribution in [-0.2, 0) is 11.2 Å². The second-order valence-corrected chi connectivity index (χ2v) is 4.48. The molecule has 0 aliphatic rings. The van der Waals surface area contributed by atoms with Gasteiger partial charge >= 0.3 is 0 Å². The topological polar surface area (TPSA) is 75.7 Å². The van der Waals surface area contributed by atoms with E-state index >= 15 is 0 Å². The van der Waals surface area contributed by atoms with Gasteiger partial charge in [0.25, 0.3) is 0 Å². The minimum absolute atomic E-state index is 0.142. The van der Waals surface area contributed by atoms with E-state index in [1.54, 1.807) is 0 Å². The van der Waals surface area contributed by atoms with Crippen LogP contribution in [0.1, 0.15) is 32.3 Å². The van der Waals surface area contributed by atoms with Crippen molar-refractivity contribution in [1.29, 1.82) is 0 Å². The van der Waals surface area contributed by atoms with Crippen molar-refractivity contribution in [2.45, 2.75) is 45.0 Å². The van der Waals surface area contributed by atoms with E-state index in [0.29, 0.717) is 24.9 Å². The summed E-state index contributed by atoms with van der Waals surface area (Å²) in [6, 6.07) is 7.47. The van der Waals surface area contributed by atoms with Crippen LogP contribution in [0.4, 0.5) is 5.69 Å². The first kappa shape index (κ1) is 15.0. The van der Waals surface area contributed by atoms with Crippen molar-refractivity contribution in [3.63, 3.8) is 0 Å². The fraction of sp³-hybridized carbons (Fsp3) is 0.571. The quantitative estimate of drug-likeness (QED) is 0.510. The highest BCUT2D eigenvalue weighted by Gasteiger charge is 2.27. The van der Waals surface area contributed by atoms with Gasteiger partial charge in [0, 0.05) is 12.1 Å². The Labute approximate surface area is 108 Å². The van der Waals surface area contributed by atoms with E-state index in [4.69, 9.17) is 10.5 Å². The van der Waals surface area contributed by atoms with Crippen molar-refractivity contribution in [2.24, 2.45) is 0 Å². The van der Waals surface area contributed by atoms with Crippen LogP contribution in [0.15, 0.2) is 24.3 Å². The highest BCUT2D eigenvalue weighted by atomic mass is 16.6. The smallest absolute Gasteiger partial charge is 0.165 e. The number of ether oxygens (including phenoxy) is 1. The third kappa shape index (κ3) is 3.98. The zero-order valence-corrected chi connectivity index (χ0v) is 11.1. The van der Waals surface area contributed by atoms with Gasteiger partial charge in [-0.15, -0.1) is 0 Å². The first-order valence-electron chi connectivity index (χ1n) is 6.39. The third-order valence-corrected chi connectivity index (χ3v) is 3.20. The standard InChI is InChI=1S/C14H23NO3/c1-3-14(17,4-2)18-12(10-16)9-11-7-5-6-8-13(11)15/h5-8,12,16-17H,3-4,9-10,15H2,1-2H3. The Balaban J connectivity index is 2.71. The Kier molecular flexibility index (Phi) is 5.59. The van der Waals surface area contributed by atoms with Crippen LogP contribution in [-0.4, -0.2) is 28.7 Å². The van der Waals surface area contributed by atoms with E-state index in [1.165, 1.54) is 0 Å². The lowest BCUT2D eigenvalue weighted by Crippen LogP contribution is -2.38. The summed E-state index contributed by atoms with van der Waals surface area (Å²) in [4.78, 5) is 0. The van der Waals surface area contributed by atoms with E-state index < -0.39 is 11.9 Å². The van der Waals surface area contributed by atoms with Gasteiger partial charge in [0.1, 0.15) is 0 Å². The molecule has 1 atom stereocenters. The molecule has 0 fully saturated rings. The Morgan fingerprint density at radius 1 is 1.28 bits per heavy atom. The SMILES string of the molecule is CCC(O)(CC)OC(CO)Cc1ccccc1N. The van der Waals surface area contributed by atoms with Crippen LogP contribution >= 0.6 is 0 Å². The summed E-state index contributed by atoms with van der Waals surface area (Å²) in [5, 5.41) is 19.5. The molecule has 1 rings (SSSR count).